The first kappa shape index (κ1) is 30.3. The van der Waals surface area contributed by atoms with E-state index in [1.54, 1.807) is 32.2 Å². The zero-order valence-corrected chi connectivity index (χ0v) is 22.3. The van der Waals surface area contributed by atoms with Crippen LogP contribution in [0.25, 0.3) is 0 Å². The first-order valence-electron chi connectivity index (χ1n) is 13.3. The average molecular weight is 491 g/mol. The fraction of sp³-hybridized carbons (Fsp3) is 0.643. The van der Waals surface area contributed by atoms with Crippen molar-refractivity contribution in [3.63, 3.8) is 0 Å². The molecule has 7 nitrogen and oxygen atoms in total. The number of carbonyl (C=O) groups is 2. The standard InChI is InChI=1S/C28H46N2O5/c1-5-8-9-10-11-12-13-14-15-16-17-18-26(31)29-23-19-20-25(33-4)24(21-23)30-27(34-6-2)22-28(32)35-7-3/h19-22,30H,5-18H2,1-4H3,(H,29,31). The van der Waals surface area contributed by atoms with E-state index < -0.39 is 5.97 Å². The first-order chi connectivity index (χ1) is 17.0. The third kappa shape index (κ3) is 14.3. The molecule has 0 bridgehead atoms. The fourth-order valence-electron chi connectivity index (χ4n) is 3.75. The van der Waals surface area contributed by atoms with E-state index in [4.69, 9.17) is 14.2 Å². The molecule has 1 aromatic carbocycles. The Morgan fingerprint density at radius 1 is 0.800 bits per heavy atom. The van der Waals surface area contributed by atoms with Crippen molar-refractivity contribution in [2.24, 2.45) is 0 Å². The van der Waals surface area contributed by atoms with Gasteiger partial charge >= 0.3 is 5.97 Å². The number of nitrogens with one attached hydrogen (secondary N) is 2. The molecule has 2 N–H and O–H groups in total. The van der Waals surface area contributed by atoms with Crippen molar-refractivity contribution in [1.29, 1.82) is 0 Å². The van der Waals surface area contributed by atoms with Crippen LogP contribution in [-0.4, -0.2) is 32.2 Å². The van der Waals surface area contributed by atoms with E-state index >= 15 is 0 Å². The van der Waals surface area contributed by atoms with Gasteiger partial charge in [0, 0.05) is 12.1 Å². The Morgan fingerprint density at radius 2 is 1.40 bits per heavy atom. The van der Waals surface area contributed by atoms with Crippen molar-refractivity contribution in [3.05, 3.63) is 30.2 Å². The van der Waals surface area contributed by atoms with Crippen LogP contribution in [0.5, 0.6) is 5.75 Å². The molecule has 0 aliphatic heterocycles. The van der Waals surface area contributed by atoms with Gasteiger partial charge < -0.3 is 24.8 Å². The summed E-state index contributed by atoms with van der Waals surface area (Å²) in [6.45, 7) is 6.46. The van der Waals surface area contributed by atoms with E-state index in [0.717, 1.165) is 12.8 Å². The van der Waals surface area contributed by atoms with Crippen LogP contribution in [0, 0.1) is 0 Å². The zero-order valence-electron chi connectivity index (χ0n) is 22.3. The van der Waals surface area contributed by atoms with E-state index in [-0.39, 0.29) is 18.4 Å². The van der Waals surface area contributed by atoms with Crippen molar-refractivity contribution in [2.45, 2.75) is 97.8 Å². The van der Waals surface area contributed by atoms with Crippen LogP contribution < -0.4 is 15.4 Å². The Kier molecular flexibility index (Phi) is 17.0. The van der Waals surface area contributed by atoms with Gasteiger partial charge in [-0.1, -0.05) is 71.1 Å². The molecule has 1 amide bonds. The summed E-state index contributed by atoms with van der Waals surface area (Å²) in [7, 11) is 1.56. The lowest BCUT2D eigenvalue weighted by Gasteiger charge is -2.16. The Labute approximate surface area is 212 Å². The predicted molar refractivity (Wildman–Crippen MR) is 143 cm³/mol. The molecule has 0 radical (unpaired) electrons. The summed E-state index contributed by atoms with van der Waals surface area (Å²) in [5.74, 6) is 0.291. The topological polar surface area (TPSA) is 85.9 Å². The van der Waals surface area contributed by atoms with Gasteiger partial charge in [-0.2, -0.15) is 0 Å². The minimum atomic E-state index is -0.501. The van der Waals surface area contributed by atoms with Crippen LogP contribution in [0.4, 0.5) is 11.4 Å². The number of carbonyl (C=O) groups excluding carboxylic acids is 2. The molecule has 1 rings (SSSR count). The van der Waals surface area contributed by atoms with Gasteiger partial charge in [0.25, 0.3) is 0 Å². The summed E-state index contributed by atoms with van der Waals surface area (Å²) in [5.41, 5.74) is 1.22. The molecule has 0 heterocycles. The SMILES string of the molecule is CCCCCCCCCCCCCC(=O)Nc1ccc(OC)c(NC(=CC(=O)OCC)OCC)c1. The third-order valence-electron chi connectivity index (χ3n) is 5.58. The van der Waals surface area contributed by atoms with E-state index in [1.165, 1.54) is 63.9 Å². The molecule has 0 aliphatic carbocycles. The van der Waals surface area contributed by atoms with Gasteiger partial charge in [-0.15, -0.1) is 0 Å². The fourth-order valence-corrected chi connectivity index (χ4v) is 3.75. The molecular weight excluding hydrogens is 444 g/mol. The molecule has 35 heavy (non-hydrogen) atoms. The molecule has 0 atom stereocenters. The van der Waals surface area contributed by atoms with Gasteiger partial charge in [0.05, 0.1) is 32.1 Å². The van der Waals surface area contributed by atoms with Crippen LogP contribution in [0.3, 0.4) is 0 Å². The molecule has 198 valence electrons. The summed E-state index contributed by atoms with van der Waals surface area (Å²) in [4.78, 5) is 24.2. The van der Waals surface area contributed by atoms with E-state index in [0.29, 0.717) is 30.2 Å². The second-order valence-corrected chi connectivity index (χ2v) is 8.57. The maximum Gasteiger partial charge on any atom is 0.336 e. The maximum atomic E-state index is 12.4. The Morgan fingerprint density at radius 3 is 1.97 bits per heavy atom. The van der Waals surface area contributed by atoms with Crippen molar-refractivity contribution < 1.29 is 23.8 Å². The van der Waals surface area contributed by atoms with Gasteiger partial charge in [-0.3, -0.25) is 4.79 Å². The van der Waals surface area contributed by atoms with Crippen molar-refractivity contribution >= 4 is 23.3 Å². The van der Waals surface area contributed by atoms with Crippen LogP contribution in [0.2, 0.25) is 0 Å². The van der Waals surface area contributed by atoms with Crippen LogP contribution >= 0.6 is 0 Å². The molecule has 0 saturated carbocycles. The third-order valence-corrected chi connectivity index (χ3v) is 5.58. The Bertz CT molecular complexity index is 764. The highest BCUT2D eigenvalue weighted by atomic mass is 16.5. The number of rotatable bonds is 20. The maximum absolute atomic E-state index is 12.4. The highest BCUT2D eigenvalue weighted by Gasteiger charge is 2.11. The average Bonchev–Trinajstić information content (AvgIpc) is 2.83. The molecule has 1 aromatic rings. The number of esters is 1. The highest BCUT2D eigenvalue weighted by molar-refractivity contribution is 5.91. The van der Waals surface area contributed by atoms with Gasteiger partial charge in [-0.25, -0.2) is 4.79 Å². The monoisotopic (exact) mass is 490 g/mol. The molecule has 0 saturated heterocycles. The number of hydrogen-bond acceptors (Lipinski definition) is 6. The predicted octanol–water partition coefficient (Wildman–Crippen LogP) is 7.19. The first-order valence-corrected chi connectivity index (χ1v) is 13.3. The second kappa shape index (κ2) is 19.6. The summed E-state index contributed by atoms with van der Waals surface area (Å²) in [5, 5.41) is 6.00. The summed E-state index contributed by atoms with van der Waals surface area (Å²) in [6.07, 6.45) is 15.5. The number of anilines is 2. The molecule has 0 aromatic heterocycles. The van der Waals surface area contributed by atoms with Crippen LogP contribution in [-0.2, 0) is 19.1 Å². The number of methoxy groups -OCH3 is 1. The van der Waals surface area contributed by atoms with Gasteiger partial charge in [0.2, 0.25) is 5.91 Å². The quantitative estimate of drug-likeness (QED) is 0.0871. The van der Waals surface area contributed by atoms with E-state index in [2.05, 4.69) is 17.6 Å². The minimum absolute atomic E-state index is 0.0101. The number of amides is 1. The van der Waals surface area contributed by atoms with Crippen LogP contribution in [0.1, 0.15) is 97.8 Å². The largest absolute Gasteiger partial charge is 0.495 e. The second-order valence-electron chi connectivity index (χ2n) is 8.57. The highest BCUT2D eigenvalue weighted by Crippen LogP contribution is 2.29. The smallest absolute Gasteiger partial charge is 0.336 e. The minimum Gasteiger partial charge on any atom is -0.495 e. The molecule has 0 aliphatic rings. The number of ether oxygens (including phenoxy) is 3. The van der Waals surface area contributed by atoms with Crippen LogP contribution in [0.15, 0.2) is 30.2 Å². The van der Waals surface area contributed by atoms with E-state index in [9.17, 15) is 9.59 Å². The van der Waals surface area contributed by atoms with Gasteiger partial charge in [0.1, 0.15) is 5.75 Å². The lowest BCUT2D eigenvalue weighted by atomic mass is 10.1. The van der Waals surface area contributed by atoms with Crippen molar-refractivity contribution in [3.8, 4) is 5.75 Å². The molecule has 0 unspecified atom stereocenters. The number of hydrogen-bond donors (Lipinski definition) is 2. The van der Waals surface area contributed by atoms with Crippen molar-refractivity contribution in [1.82, 2.24) is 0 Å². The molecular formula is C28H46N2O5. The zero-order chi connectivity index (χ0) is 25.7. The number of unbranched alkanes of at least 4 members (excludes halogenated alkanes) is 10. The number of benzene rings is 1. The Hall–Kier alpha value is -2.70. The Balaban J connectivity index is 2.47. The molecule has 0 fully saturated rings. The summed E-state index contributed by atoms with van der Waals surface area (Å²) in [6, 6.07) is 5.31. The normalized spacial score (nSPS) is 11.1. The molecule has 7 heteroatoms. The lowest BCUT2D eigenvalue weighted by Crippen LogP contribution is -2.12. The van der Waals surface area contributed by atoms with Crippen molar-refractivity contribution in [2.75, 3.05) is 31.0 Å². The van der Waals surface area contributed by atoms with E-state index in [1.807, 2.05) is 6.92 Å². The summed E-state index contributed by atoms with van der Waals surface area (Å²) >= 11 is 0. The summed E-state index contributed by atoms with van der Waals surface area (Å²) < 4.78 is 15.9. The van der Waals surface area contributed by atoms with Gasteiger partial charge in [0.15, 0.2) is 5.88 Å². The lowest BCUT2D eigenvalue weighted by molar-refractivity contribution is -0.137. The van der Waals surface area contributed by atoms with Gasteiger partial charge in [-0.05, 0) is 38.5 Å². The molecule has 0 spiro atoms.